The van der Waals surface area contributed by atoms with Crippen LogP contribution in [0.5, 0.6) is 0 Å². The van der Waals surface area contributed by atoms with E-state index in [1.54, 1.807) is 31.9 Å². The van der Waals surface area contributed by atoms with Gasteiger partial charge in [-0.2, -0.15) is 0 Å². The molecule has 1 aliphatic heterocycles. The maximum atomic E-state index is 13.6. The fourth-order valence-electron chi connectivity index (χ4n) is 4.20. The summed E-state index contributed by atoms with van der Waals surface area (Å²) in [5.74, 6) is -0.562. The fourth-order valence-corrected chi connectivity index (χ4v) is 4.20. The Morgan fingerprint density at radius 3 is 2.31 bits per heavy atom. The number of rotatable bonds is 8. The van der Waals surface area contributed by atoms with Crippen LogP contribution in [0.25, 0.3) is 0 Å². The summed E-state index contributed by atoms with van der Waals surface area (Å²) >= 11 is 0. The van der Waals surface area contributed by atoms with Crippen molar-refractivity contribution < 1.29 is 19.1 Å². The molecule has 184 valence electrons. The zero-order chi connectivity index (χ0) is 24.8. The van der Waals surface area contributed by atoms with E-state index >= 15 is 0 Å². The van der Waals surface area contributed by atoms with Gasteiger partial charge in [-0.25, -0.2) is 4.79 Å². The summed E-state index contributed by atoms with van der Waals surface area (Å²) in [6.45, 7) is 15.8. The molecule has 1 N–H and O–H groups in total. The van der Waals surface area contributed by atoms with Crippen molar-refractivity contribution in [2.75, 3.05) is 20.7 Å². The summed E-state index contributed by atoms with van der Waals surface area (Å²) in [4.78, 5) is 42.7. The van der Waals surface area contributed by atoms with Gasteiger partial charge in [-0.05, 0) is 58.4 Å². The number of carbonyl (C=O) groups is 3. The van der Waals surface area contributed by atoms with Gasteiger partial charge < -0.3 is 15.0 Å². The van der Waals surface area contributed by atoms with Gasteiger partial charge in [0.2, 0.25) is 11.8 Å². The van der Waals surface area contributed by atoms with Crippen LogP contribution in [0.2, 0.25) is 0 Å². The molecule has 0 saturated carbocycles. The third-order valence-electron chi connectivity index (χ3n) is 6.48. The van der Waals surface area contributed by atoms with Crippen LogP contribution in [-0.4, -0.2) is 72.5 Å². The zero-order valence-electron chi connectivity index (χ0n) is 21.8. The predicted molar refractivity (Wildman–Crippen MR) is 128 cm³/mol. The number of amides is 2. The van der Waals surface area contributed by atoms with E-state index in [1.807, 2.05) is 41.7 Å². The first kappa shape index (κ1) is 28.1. The zero-order valence-corrected chi connectivity index (χ0v) is 21.8. The molecule has 1 rings (SSSR count). The van der Waals surface area contributed by atoms with Crippen molar-refractivity contribution in [3.8, 4) is 0 Å². The van der Waals surface area contributed by atoms with Gasteiger partial charge >= 0.3 is 5.97 Å². The van der Waals surface area contributed by atoms with Gasteiger partial charge in [0, 0.05) is 18.7 Å². The summed E-state index contributed by atoms with van der Waals surface area (Å²) < 4.78 is 5.09. The lowest BCUT2D eigenvalue weighted by molar-refractivity contribution is -0.142. The maximum Gasteiger partial charge on any atom is 0.333 e. The summed E-state index contributed by atoms with van der Waals surface area (Å²) in [6, 6.07) is -0.866. The minimum Gasteiger partial charge on any atom is -0.463 e. The van der Waals surface area contributed by atoms with Crippen LogP contribution in [0.4, 0.5) is 0 Å². The number of carbonyl (C=O) groups excluding carboxylic acids is 3. The lowest BCUT2D eigenvalue weighted by atomic mass is 9.84. The molecule has 1 fully saturated rings. The van der Waals surface area contributed by atoms with Crippen LogP contribution in [-0.2, 0) is 19.1 Å². The number of likely N-dealkylation sites (N-methyl/N-ethyl adjacent to an activating group) is 2. The lowest BCUT2D eigenvalue weighted by Crippen LogP contribution is -2.60. The van der Waals surface area contributed by atoms with Crippen molar-refractivity contribution in [3.05, 3.63) is 11.6 Å². The molecular weight excluding hydrogens is 406 g/mol. The van der Waals surface area contributed by atoms with Crippen molar-refractivity contribution in [2.24, 2.45) is 11.3 Å². The average Bonchev–Trinajstić information content (AvgIpc) is 2.69. The number of piperidine rings is 1. The molecule has 0 aliphatic carbocycles. The highest BCUT2D eigenvalue weighted by molar-refractivity contribution is 5.91. The Balaban J connectivity index is 3.12. The lowest BCUT2D eigenvalue weighted by Gasteiger charge is -2.40. The van der Waals surface area contributed by atoms with Gasteiger partial charge in [-0.3, -0.25) is 14.5 Å². The Morgan fingerprint density at radius 1 is 1.22 bits per heavy atom. The van der Waals surface area contributed by atoms with Crippen LogP contribution >= 0.6 is 0 Å². The van der Waals surface area contributed by atoms with E-state index in [2.05, 4.69) is 17.1 Å². The van der Waals surface area contributed by atoms with E-state index in [0.29, 0.717) is 18.2 Å². The van der Waals surface area contributed by atoms with Crippen LogP contribution in [0, 0.1) is 11.3 Å². The average molecular weight is 452 g/mol. The Labute approximate surface area is 194 Å². The SMILES string of the molecule is CCOC(=O)/C(C)=C/[C@H](C(C)C)N(C)C(=O)C(NC(=O)C1CCC[C@H](C)N1C)C(C)(C)C. The van der Waals surface area contributed by atoms with Crippen molar-refractivity contribution in [3.63, 3.8) is 0 Å². The smallest absolute Gasteiger partial charge is 0.333 e. The molecule has 0 aromatic carbocycles. The number of esters is 1. The van der Waals surface area contributed by atoms with E-state index in [9.17, 15) is 14.4 Å². The summed E-state index contributed by atoms with van der Waals surface area (Å²) in [5, 5.41) is 3.06. The minimum atomic E-state index is -0.678. The van der Waals surface area contributed by atoms with E-state index in [4.69, 9.17) is 4.74 Å². The number of nitrogens with one attached hydrogen (secondary N) is 1. The molecule has 0 radical (unpaired) electrons. The van der Waals surface area contributed by atoms with E-state index < -0.39 is 11.5 Å². The van der Waals surface area contributed by atoms with Gasteiger partial charge in [0.05, 0.1) is 18.7 Å². The first-order valence-corrected chi connectivity index (χ1v) is 11.9. The molecule has 1 heterocycles. The molecule has 1 saturated heterocycles. The molecule has 7 heteroatoms. The largest absolute Gasteiger partial charge is 0.463 e. The molecular formula is C25H45N3O4. The summed E-state index contributed by atoms with van der Waals surface area (Å²) in [7, 11) is 3.72. The summed E-state index contributed by atoms with van der Waals surface area (Å²) in [6.07, 6.45) is 4.67. The molecule has 7 nitrogen and oxygen atoms in total. The molecule has 1 aliphatic rings. The van der Waals surface area contributed by atoms with Crippen LogP contribution in [0.15, 0.2) is 11.6 Å². The molecule has 2 unspecified atom stereocenters. The molecule has 0 bridgehead atoms. The topological polar surface area (TPSA) is 79.0 Å². The normalized spacial score (nSPS) is 22.3. The summed E-state index contributed by atoms with van der Waals surface area (Å²) in [5.41, 5.74) is 0.000687. The number of likely N-dealkylation sites (tertiary alicyclic amines) is 1. The van der Waals surface area contributed by atoms with Crippen molar-refractivity contribution >= 4 is 17.8 Å². The molecule has 32 heavy (non-hydrogen) atoms. The number of hydrogen-bond donors (Lipinski definition) is 1. The maximum absolute atomic E-state index is 13.6. The second kappa shape index (κ2) is 11.8. The van der Waals surface area contributed by atoms with Crippen molar-refractivity contribution in [2.45, 2.75) is 98.8 Å². The molecule has 0 aromatic heterocycles. The van der Waals surface area contributed by atoms with Gasteiger partial charge in [0.1, 0.15) is 6.04 Å². The minimum absolute atomic E-state index is 0.0787. The third-order valence-corrected chi connectivity index (χ3v) is 6.48. The Kier molecular flexibility index (Phi) is 10.4. The Bertz CT molecular complexity index is 696. The van der Waals surface area contributed by atoms with Crippen molar-refractivity contribution in [1.82, 2.24) is 15.1 Å². The van der Waals surface area contributed by atoms with E-state index in [0.717, 1.165) is 19.3 Å². The van der Waals surface area contributed by atoms with Gasteiger partial charge in [0.25, 0.3) is 0 Å². The Morgan fingerprint density at radius 2 is 1.81 bits per heavy atom. The third kappa shape index (κ3) is 7.32. The standard InChI is InChI=1S/C25H45N3O4/c1-11-32-24(31)17(4)15-20(16(2)3)28(10)23(30)21(25(6,7)8)26-22(29)19-14-12-13-18(5)27(19)9/h15-16,18-21H,11-14H2,1-10H3,(H,26,29)/b17-15+/t18-,19?,20+,21?/m0/s1. The first-order valence-electron chi connectivity index (χ1n) is 11.9. The van der Waals surface area contributed by atoms with Crippen LogP contribution < -0.4 is 5.32 Å². The first-order chi connectivity index (χ1) is 14.7. The van der Waals surface area contributed by atoms with E-state index in [-0.39, 0.29) is 35.8 Å². The highest BCUT2D eigenvalue weighted by Gasteiger charge is 2.39. The van der Waals surface area contributed by atoms with Crippen LogP contribution in [0.1, 0.15) is 74.7 Å². The number of hydrogen-bond acceptors (Lipinski definition) is 5. The fraction of sp³-hybridized carbons (Fsp3) is 0.800. The molecule has 4 atom stereocenters. The molecule has 2 amide bonds. The monoisotopic (exact) mass is 451 g/mol. The van der Waals surface area contributed by atoms with Crippen LogP contribution in [0.3, 0.4) is 0 Å². The second-order valence-corrected chi connectivity index (χ2v) is 10.5. The number of ether oxygens (including phenoxy) is 1. The molecule has 0 spiro atoms. The quantitative estimate of drug-likeness (QED) is 0.452. The Hall–Kier alpha value is -1.89. The van der Waals surface area contributed by atoms with Crippen molar-refractivity contribution in [1.29, 1.82) is 0 Å². The highest BCUT2D eigenvalue weighted by atomic mass is 16.5. The molecule has 0 aromatic rings. The predicted octanol–water partition coefficient (Wildman–Crippen LogP) is 3.38. The second-order valence-electron chi connectivity index (χ2n) is 10.5. The van der Waals surface area contributed by atoms with Gasteiger partial charge in [-0.15, -0.1) is 0 Å². The van der Waals surface area contributed by atoms with Gasteiger partial charge in [-0.1, -0.05) is 40.7 Å². The highest BCUT2D eigenvalue weighted by Crippen LogP contribution is 2.26. The van der Waals surface area contributed by atoms with Gasteiger partial charge in [0.15, 0.2) is 0 Å². The number of nitrogens with zero attached hydrogens (tertiary/aromatic N) is 2. The van der Waals surface area contributed by atoms with E-state index in [1.165, 1.54) is 0 Å².